The maximum atomic E-state index is 6.14. The molecule has 0 spiro atoms. The van der Waals surface area contributed by atoms with E-state index in [4.69, 9.17) is 4.42 Å². The zero-order valence-electron chi connectivity index (χ0n) is 23.8. The van der Waals surface area contributed by atoms with E-state index in [9.17, 15) is 0 Å². The first kappa shape index (κ1) is 28.8. The van der Waals surface area contributed by atoms with Gasteiger partial charge in [-0.15, -0.1) is 64.9 Å². The van der Waals surface area contributed by atoms with Gasteiger partial charge in [-0.1, -0.05) is 29.5 Å². The number of hydrogen-bond acceptors (Lipinski definition) is 5. The maximum absolute atomic E-state index is 6.14. The van der Waals surface area contributed by atoms with E-state index >= 15 is 0 Å². The van der Waals surface area contributed by atoms with Crippen LogP contribution in [0.3, 0.4) is 0 Å². The van der Waals surface area contributed by atoms with Crippen molar-refractivity contribution < 1.29 is 24.5 Å². The number of thiophene rings is 1. The third-order valence-electron chi connectivity index (χ3n) is 7.37. The Hall–Kier alpha value is -3.70. The number of pyridine rings is 3. The van der Waals surface area contributed by atoms with Crippen LogP contribution in [0.5, 0.6) is 0 Å². The Morgan fingerprint density at radius 2 is 1.66 bits per heavy atom. The molecule has 0 amide bonds. The SMILES string of the molecule is Cc1c[c-]c(-c2cc(C)c(C)cn2)cc1.Cc1ccc2c(n1)oc1c(-c3nccc4sc(C)c(C)c34)[c-]ccc12.[Ir]. The summed E-state index contributed by atoms with van der Waals surface area (Å²) < 4.78 is 7.38. The quantitative estimate of drug-likeness (QED) is 0.166. The van der Waals surface area contributed by atoms with E-state index in [1.165, 1.54) is 37.2 Å². The number of aryl methyl sites for hydroxylation is 6. The predicted molar refractivity (Wildman–Crippen MR) is 166 cm³/mol. The first-order valence-electron chi connectivity index (χ1n) is 13.3. The first-order chi connectivity index (χ1) is 19.3. The summed E-state index contributed by atoms with van der Waals surface area (Å²) in [5.74, 6) is 0. The number of aromatic nitrogens is 3. The summed E-state index contributed by atoms with van der Waals surface area (Å²) in [5.41, 5.74) is 11.3. The van der Waals surface area contributed by atoms with Gasteiger partial charge < -0.3 is 14.4 Å². The van der Waals surface area contributed by atoms with Gasteiger partial charge in [0.15, 0.2) is 0 Å². The van der Waals surface area contributed by atoms with Crippen molar-refractivity contribution in [2.24, 2.45) is 0 Å². The van der Waals surface area contributed by atoms with Crippen molar-refractivity contribution >= 4 is 43.5 Å². The number of fused-ring (bicyclic) bond motifs is 4. The van der Waals surface area contributed by atoms with Crippen molar-refractivity contribution in [3.05, 3.63) is 112 Å². The largest absolute Gasteiger partial charge is 0.486 e. The Morgan fingerprint density at radius 3 is 2.41 bits per heavy atom. The Balaban J connectivity index is 0.000000182. The molecule has 0 bridgehead atoms. The van der Waals surface area contributed by atoms with Gasteiger partial charge in [-0.05, 0) is 75.0 Å². The van der Waals surface area contributed by atoms with E-state index in [2.05, 4.69) is 92.0 Å². The average molecular weight is 732 g/mol. The fourth-order valence-electron chi connectivity index (χ4n) is 4.82. The summed E-state index contributed by atoms with van der Waals surface area (Å²) in [7, 11) is 0. The molecule has 0 aliphatic heterocycles. The summed E-state index contributed by atoms with van der Waals surface area (Å²) in [6.45, 7) is 12.5. The standard InChI is InChI=1S/C21H15N2OS.C14H14N.Ir/c1-11-7-8-15-14-5-4-6-16(20(14)24-21(15)23-11)19-18-12(2)13(3)25-17(18)9-10-22-19;1-10-4-6-13(7-5-10)14-8-11(2)12(3)9-15-14;/h4-5,7-10H,1-3H3;4-6,8-9H,1-3H3;/q2*-1;. The molecule has 0 fully saturated rings. The van der Waals surface area contributed by atoms with Crippen LogP contribution in [0.15, 0.2) is 71.4 Å². The van der Waals surface area contributed by atoms with Crippen LogP contribution in [0.1, 0.15) is 32.8 Å². The van der Waals surface area contributed by atoms with Gasteiger partial charge in [-0.2, -0.15) is 0 Å². The first-order valence-corrected chi connectivity index (χ1v) is 14.1. The van der Waals surface area contributed by atoms with Gasteiger partial charge in [0.1, 0.15) is 0 Å². The second kappa shape index (κ2) is 11.7. The molecule has 0 saturated carbocycles. The molecule has 6 heteroatoms. The summed E-state index contributed by atoms with van der Waals surface area (Å²) >= 11 is 1.80. The molecule has 0 aliphatic rings. The summed E-state index contributed by atoms with van der Waals surface area (Å²) in [6, 6.07) is 25.0. The molecule has 207 valence electrons. The second-order valence-corrected chi connectivity index (χ2v) is 11.5. The van der Waals surface area contributed by atoms with Gasteiger partial charge >= 0.3 is 0 Å². The van der Waals surface area contributed by atoms with Crippen LogP contribution >= 0.6 is 11.3 Å². The molecule has 5 heterocycles. The molecule has 0 aliphatic carbocycles. The van der Waals surface area contributed by atoms with Crippen LogP contribution in [0.25, 0.3) is 54.7 Å². The second-order valence-electron chi connectivity index (χ2n) is 10.3. The van der Waals surface area contributed by atoms with E-state index in [1.807, 2.05) is 43.6 Å². The van der Waals surface area contributed by atoms with Crippen LogP contribution in [-0.4, -0.2) is 15.0 Å². The third-order valence-corrected chi connectivity index (χ3v) is 8.54. The van der Waals surface area contributed by atoms with Crippen LogP contribution in [-0.2, 0) is 20.1 Å². The van der Waals surface area contributed by atoms with Crippen molar-refractivity contribution in [1.29, 1.82) is 0 Å². The Labute approximate surface area is 257 Å². The molecular weight excluding hydrogens is 703 g/mol. The number of hydrogen-bond donors (Lipinski definition) is 0. The molecule has 0 saturated heterocycles. The molecule has 0 N–H and O–H groups in total. The molecule has 4 nitrogen and oxygen atoms in total. The van der Waals surface area contributed by atoms with Crippen LogP contribution < -0.4 is 0 Å². The fraction of sp³-hybridized carbons (Fsp3) is 0.171. The topological polar surface area (TPSA) is 51.8 Å². The van der Waals surface area contributed by atoms with Gasteiger partial charge in [-0.3, -0.25) is 0 Å². The smallest absolute Gasteiger partial charge is 0.216 e. The molecule has 1 radical (unpaired) electrons. The number of benzene rings is 2. The van der Waals surface area contributed by atoms with Gasteiger partial charge in [-0.25, -0.2) is 4.98 Å². The predicted octanol–water partition coefficient (Wildman–Crippen LogP) is 9.45. The summed E-state index contributed by atoms with van der Waals surface area (Å²) in [4.78, 5) is 14.9. The minimum absolute atomic E-state index is 0. The zero-order valence-corrected chi connectivity index (χ0v) is 27.1. The van der Waals surface area contributed by atoms with Crippen LogP contribution in [0, 0.1) is 53.7 Å². The van der Waals surface area contributed by atoms with Crippen molar-refractivity contribution in [3.8, 4) is 22.5 Å². The molecule has 7 aromatic rings. The monoisotopic (exact) mass is 732 g/mol. The van der Waals surface area contributed by atoms with Crippen molar-refractivity contribution in [3.63, 3.8) is 0 Å². The van der Waals surface area contributed by atoms with E-state index in [0.717, 1.165) is 44.6 Å². The molecule has 0 atom stereocenters. The molecule has 41 heavy (non-hydrogen) atoms. The molecule has 2 aromatic carbocycles. The molecule has 0 unspecified atom stereocenters. The van der Waals surface area contributed by atoms with Crippen molar-refractivity contribution in [2.75, 3.05) is 0 Å². The Kier molecular flexibility index (Phi) is 8.19. The van der Waals surface area contributed by atoms with Crippen molar-refractivity contribution in [2.45, 2.75) is 41.5 Å². The van der Waals surface area contributed by atoms with E-state index in [1.54, 1.807) is 11.3 Å². The maximum Gasteiger partial charge on any atom is 0.216 e. The van der Waals surface area contributed by atoms with Gasteiger partial charge in [0.25, 0.3) is 0 Å². The zero-order chi connectivity index (χ0) is 28.0. The van der Waals surface area contributed by atoms with Gasteiger partial charge in [0.05, 0.1) is 5.58 Å². The molecule has 5 aromatic heterocycles. The molecule has 7 rings (SSSR count). The summed E-state index contributed by atoms with van der Waals surface area (Å²) in [5, 5.41) is 3.28. The summed E-state index contributed by atoms with van der Waals surface area (Å²) in [6.07, 6.45) is 3.78. The Bertz CT molecular complexity index is 2020. The van der Waals surface area contributed by atoms with Crippen molar-refractivity contribution in [1.82, 2.24) is 15.0 Å². The average Bonchev–Trinajstić information content (AvgIpc) is 3.46. The fourth-order valence-corrected chi connectivity index (χ4v) is 5.89. The van der Waals surface area contributed by atoms with E-state index in [-0.39, 0.29) is 20.1 Å². The van der Waals surface area contributed by atoms with Crippen LogP contribution in [0.4, 0.5) is 0 Å². The van der Waals surface area contributed by atoms with Crippen LogP contribution in [0.2, 0.25) is 0 Å². The number of nitrogens with zero attached hydrogens (tertiary/aromatic N) is 3. The minimum Gasteiger partial charge on any atom is -0.486 e. The normalized spacial score (nSPS) is 11.0. The van der Waals surface area contributed by atoms with E-state index in [0.29, 0.717) is 5.71 Å². The number of rotatable bonds is 2. The van der Waals surface area contributed by atoms with Gasteiger partial charge in [0.2, 0.25) is 5.71 Å². The van der Waals surface area contributed by atoms with E-state index < -0.39 is 0 Å². The molecular formula is C35H29IrN3OS-2. The minimum atomic E-state index is 0. The van der Waals surface area contributed by atoms with Gasteiger partial charge in [0, 0.05) is 58.9 Å². The third kappa shape index (κ3) is 5.48. The number of furan rings is 1. The Morgan fingerprint density at radius 1 is 0.829 bits per heavy atom.